The van der Waals surface area contributed by atoms with Gasteiger partial charge in [0, 0.05) is 30.1 Å². The summed E-state index contributed by atoms with van der Waals surface area (Å²) in [4.78, 5) is 38.0. The first-order chi connectivity index (χ1) is 14.0. The SMILES string of the molecule is COC1=C[C@@H](C)[C@@H]2C[C@H]3OC(=O)C[C@H]4[C@@H](C)[C@H](OC(C)=O)[C@@H](O)[C@H]([C@@]2(C)C1=O)[C@@]34C. The van der Waals surface area contributed by atoms with Gasteiger partial charge >= 0.3 is 11.9 Å². The second-order valence-electron chi connectivity index (χ2n) is 10.1. The minimum absolute atomic E-state index is 0.00463. The van der Waals surface area contributed by atoms with Crippen molar-refractivity contribution in [3.63, 3.8) is 0 Å². The summed E-state index contributed by atoms with van der Waals surface area (Å²) < 4.78 is 16.8. The summed E-state index contributed by atoms with van der Waals surface area (Å²) in [6, 6.07) is 0. The van der Waals surface area contributed by atoms with Crippen LogP contribution in [0.25, 0.3) is 0 Å². The largest absolute Gasteiger partial charge is 0.493 e. The van der Waals surface area contributed by atoms with Gasteiger partial charge in [0.05, 0.1) is 13.2 Å². The van der Waals surface area contributed by atoms with Crippen LogP contribution in [0, 0.1) is 40.4 Å². The molecule has 3 aliphatic carbocycles. The summed E-state index contributed by atoms with van der Waals surface area (Å²) in [7, 11) is 1.49. The van der Waals surface area contributed by atoms with E-state index < -0.39 is 41.0 Å². The zero-order chi connectivity index (χ0) is 22.2. The fourth-order valence-corrected chi connectivity index (χ4v) is 7.56. The lowest BCUT2D eigenvalue weighted by Gasteiger charge is -2.68. The number of fused-ring (bicyclic) bond motifs is 2. The van der Waals surface area contributed by atoms with Crippen LogP contribution in [0.15, 0.2) is 11.8 Å². The van der Waals surface area contributed by atoms with E-state index in [-0.39, 0.29) is 41.8 Å². The number of aliphatic hydroxyl groups is 1. The van der Waals surface area contributed by atoms with Crippen LogP contribution in [0.3, 0.4) is 0 Å². The van der Waals surface area contributed by atoms with Crippen molar-refractivity contribution in [2.75, 3.05) is 7.11 Å². The summed E-state index contributed by atoms with van der Waals surface area (Å²) in [6.07, 6.45) is 0.351. The number of Topliss-reactive ketones (excluding diaryl/α,β-unsaturated/α-hetero) is 1. The number of hydrogen-bond acceptors (Lipinski definition) is 7. The first kappa shape index (κ1) is 21.3. The third-order valence-corrected chi connectivity index (χ3v) is 8.82. The second-order valence-corrected chi connectivity index (χ2v) is 10.1. The summed E-state index contributed by atoms with van der Waals surface area (Å²) in [5.74, 6) is -1.65. The van der Waals surface area contributed by atoms with Crippen molar-refractivity contribution in [3.8, 4) is 0 Å². The number of methoxy groups -OCH3 is 1. The number of rotatable bonds is 2. The molecule has 0 unspecified atom stereocenters. The van der Waals surface area contributed by atoms with Crippen LogP contribution in [0.4, 0.5) is 0 Å². The maximum atomic E-state index is 13.7. The average Bonchev–Trinajstić information content (AvgIpc) is 2.66. The summed E-state index contributed by atoms with van der Waals surface area (Å²) in [5.41, 5.74) is -1.54. The third-order valence-electron chi connectivity index (χ3n) is 8.82. The standard InChI is InChI=1S/C23H32O7/c1-10-7-15(28-6)21(27)23(5)13(10)8-16-22(4)14(9-17(25)30-16)11(2)19(29-12(3)24)18(26)20(22)23/h7,10-11,13-14,16,18-20,26H,8-9H2,1-6H3/t10-,11-,13+,14+,16-,18-,19+,20+,22-,23+/m1/s1. The zero-order valence-corrected chi connectivity index (χ0v) is 18.5. The molecular weight excluding hydrogens is 388 g/mol. The van der Waals surface area contributed by atoms with E-state index in [4.69, 9.17) is 14.2 Å². The number of carbonyl (C=O) groups is 3. The van der Waals surface area contributed by atoms with Gasteiger partial charge in [-0.25, -0.2) is 0 Å². The van der Waals surface area contributed by atoms with Gasteiger partial charge in [-0.1, -0.05) is 27.7 Å². The molecule has 1 saturated heterocycles. The minimum atomic E-state index is -1.05. The van der Waals surface area contributed by atoms with Crippen LogP contribution in [-0.2, 0) is 28.6 Å². The third kappa shape index (κ3) is 2.57. The van der Waals surface area contributed by atoms with Crippen molar-refractivity contribution in [1.82, 2.24) is 0 Å². The molecular formula is C23H32O7. The van der Waals surface area contributed by atoms with Gasteiger partial charge in [-0.05, 0) is 36.2 Å². The van der Waals surface area contributed by atoms with Gasteiger partial charge in [0.2, 0.25) is 5.78 Å². The molecule has 0 aromatic heterocycles. The van der Waals surface area contributed by atoms with Crippen molar-refractivity contribution in [3.05, 3.63) is 11.8 Å². The summed E-state index contributed by atoms with van der Waals surface area (Å²) in [6.45, 7) is 9.20. The lowest BCUT2D eigenvalue weighted by atomic mass is 9.38. The number of allylic oxidation sites excluding steroid dienone is 2. The van der Waals surface area contributed by atoms with Gasteiger partial charge in [-0.15, -0.1) is 0 Å². The van der Waals surface area contributed by atoms with E-state index in [0.717, 1.165) is 0 Å². The highest BCUT2D eigenvalue weighted by Gasteiger charge is 2.73. The average molecular weight is 421 g/mol. The molecule has 0 aromatic carbocycles. The van der Waals surface area contributed by atoms with E-state index in [1.165, 1.54) is 14.0 Å². The number of ketones is 1. The van der Waals surface area contributed by atoms with Crippen molar-refractivity contribution in [1.29, 1.82) is 0 Å². The van der Waals surface area contributed by atoms with Gasteiger partial charge in [0.25, 0.3) is 0 Å². The Bertz CT molecular complexity index is 818. The molecule has 4 rings (SSSR count). The lowest BCUT2D eigenvalue weighted by Crippen LogP contribution is -2.73. The maximum Gasteiger partial charge on any atom is 0.306 e. The maximum absolute atomic E-state index is 13.7. The van der Waals surface area contributed by atoms with Crippen LogP contribution in [0.2, 0.25) is 0 Å². The normalized spacial score (nSPS) is 49.9. The number of ether oxygens (including phenoxy) is 3. The van der Waals surface area contributed by atoms with Crippen molar-refractivity contribution in [2.24, 2.45) is 40.4 Å². The smallest absolute Gasteiger partial charge is 0.306 e. The van der Waals surface area contributed by atoms with Gasteiger partial charge in [-0.3, -0.25) is 14.4 Å². The first-order valence-corrected chi connectivity index (χ1v) is 10.8. The van der Waals surface area contributed by atoms with E-state index in [9.17, 15) is 19.5 Å². The highest BCUT2D eigenvalue weighted by Crippen LogP contribution is 2.68. The van der Waals surface area contributed by atoms with Crippen LogP contribution < -0.4 is 0 Å². The van der Waals surface area contributed by atoms with Crippen molar-refractivity contribution >= 4 is 17.7 Å². The fraction of sp³-hybridized carbons (Fsp3) is 0.783. The summed E-state index contributed by atoms with van der Waals surface area (Å²) >= 11 is 0. The van der Waals surface area contributed by atoms with E-state index in [1.54, 1.807) is 0 Å². The van der Waals surface area contributed by atoms with Gasteiger partial charge in [0.15, 0.2) is 5.76 Å². The molecule has 3 fully saturated rings. The van der Waals surface area contributed by atoms with Crippen LogP contribution in [-0.4, -0.2) is 48.3 Å². The minimum Gasteiger partial charge on any atom is -0.493 e. The van der Waals surface area contributed by atoms with Crippen LogP contribution in [0.1, 0.15) is 47.5 Å². The Balaban J connectivity index is 1.91. The predicted molar refractivity (Wildman–Crippen MR) is 106 cm³/mol. The Labute approximate surface area is 177 Å². The Morgan fingerprint density at radius 1 is 1.23 bits per heavy atom. The highest BCUT2D eigenvalue weighted by atomic mass is 16.6. The van der Waals surface area contributed by atoms with Crippen LogP contribution >= 0.6 is 0 Å². The molecule has 0 amide bonds. The molecule has 0 aromatic rings. The predicted octanol–water partition coefficient (Wildman–Crippen LogP) is 2.26. The topological polar surface area (TPSA) is 99.1 Å². The quantitative estimate of drug-likeness (QED) is 0.684. The molecule has 7 nitrogen and oxygen atoms in total. The molecule has 166 valence electrons. The number of carbonyl (C=O) groups excluding carboxylic acids is 3. The Hall–Kier alpha value is -1.89. The monoisotopic (exact) mass is 420 g/mol. The Morgan fingerprint density at radius 2 is 1.90 bits per heavy atom. The molecule has 7 heteroatoms. The highest BCUT2D eigenvalue weighted by molar-refractivity contribution is 5.99. The van der Waals surface area contributed by atoms with Crippen LogP contribution in [0.5, 0.6) is 0 Å². The van der Waals surface area contributed by atoms with Gasteiger partial charge in [0.1, 0.15) is 12.2 Å². The fourth-order valence-electron chi connectivity index (χ4n) is 7.56. The summed E-state index contributed by atoms with van der Waals surface area (Å²) in [5, 5.41) is 11.6. The Morgan fingerprint density at radius 3 is 2.50 bits per heavy atom. The molecule has 1 heterocycles. The van der Waals surface area contributed by atoms with E-state index >= 15 is 0 Å². The van der Waals surface area contributed by atoms with E-state index in [2.05, 4.69) is 0 Å². The van der Waals surface area contributed by atoms with E-state index in [1.807, 2.05) is 33.8 Å². The van der Waals surface area contributed by atoms with Crippen molar-refractivity contribution in [2.45, 2.75) is 65.8 Å². The zero-order valence-electron chi connectivity index (χ0n) is 18.5. The second kappa shape index (κ2) is 6.81. The molecule has 0 bridgehead atoms. The van der Waals surface area contributed by atoms with Gasteiger partial charge in [-0.2, -0.15) is 0 Å². The number of hydrogen-bond donors (Lipinski definition) is 1. The molecule has 10 atom stereocenters. The number of esters is 2. The molecule has 30 heavy (non-hydrogen) atoms. The Kier molecular flexibility index (Phi) is 4.84. The van der Waals surface area contributed by atoms with Crippen molar-refractivity contribution < 1.29 is 33.7 Å². The lowest BCUT2D eigenvalue weighted by molar-refractivity contribution is -0.279. The van der Waals surface area contributed by atoms with Gasteiger partial charge < -0.3 is 19.3 Å². The first-order valence-electron chi connectivity index (χ1n) is 10.8. The molecule has 1 aliphatic heterocycles. The molecule has 4 aliphatic rings. The molecule has 2 saturated carbocycles. The van der Waals surface area contributed by atoms with E-state index in [0.29, 0.717) is 12.2 Å². The molecule has 1 N–H and O–H groups in total. The molecule has 0 spiro atoms. The number of aliphatic hydroxyl groups excluding tert-OH is 1. The molecule has 0 radical (unpaired) electrons.